The summed E-state index contributed by atoms with van der Waals surface area (Å²) in [6, 6.07) is 10.3. The molecule has 3 N–H and O–H groups in total. The highest BCUT2D eigenvalue weighted by atomic mass is 32.2. The number of nitrogens with two attached hydrogens (primary N) is 1. The van der Waals surface area contributed by atoms with Gasteiger partial charge in [0.1, 0.15) is 0 Å². The van der Waals surface area contributed by atoms with Gasteiger partial charge in [-0.3, -0.25) is 4.79 Å². The number of primary sulfonamides is 1. The molecule has 2 aromatic carbocycles. The zero-order valence-corrected chi connectivity index (χ0v) is 15.7. The first-order valence-corrected chi connectivity index (χ1v) is 10.1. The number of aromatic nitrogens is 1. The molecular weight excluding hydrogens is 390 g/mol. The molecule has 10 heteroatoms. The number of sulfonamides is 1. The average Bonchev–Trinajstić information content (AvgIpc) is 3.09. The molecule has 27 heavy (non-hydrogen) atoms. The lowest BCUT2D eigenvalue weighted by atomic mass is 10.2. The van der Waals surface area contributed by atoms with E-state index in [-0.39, 0.29) is 4.90 Å². The van der Waals surface area contributed by atoms with E-state index < -0.39 is 28.0 Å². The number of nitrogens with zero attached hydrogens (tertiary/aromatic N) is 1. The maximum atomic E-state index is 12.2. The molecule has 1 amide bonds. The number of hydrogen-bond acceptors (Lipinski definition) is 7. The highest BCUT2D eigenvalue weighted by Crippen LogP contribution is 2.20. The van der Waals surface area contributed by atoms with Crippen LogP contribution in [0.15, 0.2) is 52.9 Å². The van der Waals surface area contributed by atoms with E-state index in [1.54, 1.807) is 23.7 Å². The van der Waals surface area contributed by atoms with Crippen LogP contribution >= 0.6 is 11.3 Å². The van der Waals surface area contributed by atoms with Crippen molar-refractivity contribution >= 4 is 49.1 Å². The zero-order valence-electron chi connectivity index (χ0n) is 14.1. The number of carbonyl (C=O) groups is 2. The number of fused-ring (bicyclic) bond motifs is 1. The summed E-state index contributed by atoms with van der Waals surface area (Å²) in [6.07, 6.45) is -1.05. The minimum Gasteiger partial charge on any atom is -0.449 e. The maximum Gasteiger partial charge on any atom is 0.338 e. The Hall–Kier alpha value is -2.82. The number of carbonyl (C=O) groups excluding carboxylic acids is 2. The fourth-order valence-corrected chi connectivity index (χ4v) is 3.47. The van der Waals surface area contributed by atoms with Crippen LogP contribution in [0.4, 0.5) is 5.69 Å². The predicted octanol–water partition coefficient (Wildman–Crippen LogP) is 2.13. The first kappa shape index (κ1) is 19.0. The molecule has 1 heterocycles. The standard InChI is InChI=1S/C17H15N3O5S2/c1-10(16(21)20-12-3-5-13(6-4-12)27(18,23)24)25-17(22)11-2-7-14-15(8-11)26-9-19-14/h2-10H,1H3,(H,20,21)(H2,18,23,24)/t10-/m1/s1. The first-order chi connectivity index (χ1) is 12.7. The number of thiazole rings is 1. The van der Waals surface area contributed by atoms with E-state index in [9.17, 15) is 18.0 Å². The van der Waals surface area contributed by atoms with Crippen LogP contribution in [0.2, 0.25) is 0 Å². The Morgan fingerprint density at radius 1 is 1.19 bits per heavy atom. The Morgan fingerprint density at radius 3 is 2.56 bits per heavy atom. The molecule has 0 saturated carbocycles. The van der Waals surface area contributed by atoms with Gasteiger partial charge in [0, 0.05) is 5.69 Å². The summed E-state index contributed by atoms with van der Waals surface area (Å²) in [5.41, 5.74) is 3.13. The van der Waals surface area contributed by atoms with E-state index in [2.05, 4.69) is 10.3 Å². The maximum absolute atomic E-state index is 12.2. The minimum atomic E-state index is -3.81. The molecule has 0 aliphatic heterocycles. The van der Waals surface area contributed by atoms with Crippen LogP contribution in [-0.4, -0.2) is 31.4 Å². The summed E-state index contributed by atoms with van der Waals surface area (Å²) in [7, 11) is -3.81. The first-order valence-electron chi connectivity index (χ1n) is 7.72. The zero-order chi connectivity index (χ0) is 19.6. The molecule has 0 saturated heterocycles. The van der Waals surface area contributed by atoms with Crippen LogP contribution in [0.5, 0.6) is 0 Å². The van der Waals surface area contributed by atoms with Gasteiger partial charge < -0.3 is 10.1 Å². The van der Waals surface area contributed by atoms with Crippen LogP contribution < -0.4 is 10.5 Å². The third-order valence-electron chi connectivity index (χ3n) is 3.67. The molecule has 3 rings (SSSR count). The molecule has 0 fully saturated rings. The minimum absolute atomic E-state index is 0.0709. The predicted molar refractivity (Wildman–Crippen MR) is 101 cm³/mol. The summed E-state index contributed by atoms with van der Waals surface area (Å²) in [5.74, 6) is -1.18. The Labute approximate surface area is 159 Å². The van der Waals surface area contributed by atoms with Crippen molar-refractivity contribution in [2.45, 2.75) is 17.9 Å². The van der Waals surface area contributed by atoms with Crippen molar-refractivity contribution in [3.63, 3.8) is 0 Å². The lowest BCUT2D eigenvalue weighted by Crippen LogP contribution is -2.30. The molecule has 3 aromatic rings. The van der Waals surface area contributed by atoms with Gasteiger partial charge in [-0.05, 0) is 49.4 Å². The Morgan fingerprint density at radius 2 is 1.89 bits per heavy atom. The van der Waals surface area contributed by atoms with Crippen LogP contribution in [0.1, 0.15) is 17.3 Å². The van der Waals surface area contributed by atoms with Crippen LogP contribution in [0.3, 0.4) is 0 Å². The number of ether oxygens (including phenoxy) is 1. The van der Waals surface area contributed by atoms with Crippen molar-refractivity contribution in [1.82, 2.24) is 4.98 Å². The molecule has 0 unspecified atom stereocenters. The normalized spacial score (nSPS) is 12.5. The summed E-state index contributed by atoms with van der Waals surface area (Å²) in [5, 5.41) is 7.56. The van der Waals surface area contributed by atoms with Crippen LogP contribution in [-0.2, 0) is 19.6 Å². The third kappa shape index (κ3) is 4.48. The number of amides is 1. The highest BCUT2D eigenvalue weighted by Gasteiger charge is 2.20. The Kier molecular flexibility index (Phi) is 5.22. The smallest absolute Gasteiger partial charge is 0.338 e. The van der Waals surface area contributed by atoms with E-state index in [0.717, 1.165) is 10.2 Å². The van der Waals surface area contributed by atoms with Gasteiger partial charge in [0.2, 0.25) is 10.0 Å². The monoisotopic (exact) mass is 405 g/mol. The molecule has 0 spiro atoms. The molecule has 1 atom stereocenters. The largest absolute Gasteiger partial charge is 0.449 e. The molecule has 0 aliphatic carbocycles. The average molecular weight is 405 g/mol. The third-order valence-corrected chi connectivity index (χ3v) is 5.39. The number of hydrogen-bond donors (Lipinski definition) is 2. The van der Waals surface area contributed by atoms with Crippen LogP contribution in [0, 0.1) is 0 Å². The molecule has 8 nitrogen and oxygen atoms in total. The van der Waals surface area contributed by atoms with Crippen molar-refractivity contribution in [2.24, 2.45) is 5.14 Å². The SMILES string of the molecule is C[C@@H](OC(=O)c1ccc2ncsc2c1)C(=O)Nc1ccc(S(N)(=O)=O)cc1. The van der Waals surface area contributed by atoms with E-state index >= 15 is 0 Å². The summed E-state index contributed by atoms with van der Waals surface area (Å²) in [4.78, 5) is 28.5. The lowest BCUT2D eigenvalue weighted by Gasteiger charge is -2.13. The topological polar surface area (TPSA) is 128 Å². The van der Waals surface area contributed by atoms with Gasteiger partial charge in [0.25, 0.3) is 5.91 Å². The number of rotatable bonds is 5. The van der Waals surface area contributed by atoms with Crippen molar-refractivity contribution in [1.29, 1.82) is 0 Å². The second-order valence-electron chi connectivity index (χ2n) is 5.64. The summed E-state index contributed by atoms with van der Waals surface area (Å²) in [6.45, 7) is 1.44. The van der Waals surface area contributed by atoms with Gasteiger partial charge in [0.05, 0.1) is 26.2 Å². The van der Waals surface area contributed by atoms with Crippen molar-refractivity contribution in [3.05, 3.63) is 53.5 Å². The van der Waals surface area contributed by atoms with Gasteiger partial charge >= 0.3 is 5.97 Å². The summed E-state index contributed by atoms with van der Waals surface area (Å²) >= 11 is 1.40. The second-order valence-corrected chi connectivity index (χ2v) is 8.09. The van der Waals surface area contributed by atoms with Gasteiger partial charge in [-0.25, -0.2) is 23.3 Å². The molecular formula is C17H15N3O5S2. The van der Waals surface area contributed by atoms with E-state index in [1.165, 1.54) is 42.5 Å². The van der Waals surface area contributed by atoms with Crippen molar-refractivity contribution in [2.75, 3.05) is 5.32 Å². The molecule has 0 radical (unpaired) electrons. The Balaban J connectivity index is 1.63. The van der Waals surface area contributed by atoms with E-state index in [0.29, 0.717) is 11.3 Å². The van der Waals surface area contributed by atoms with Crippen LogP contribution in [0.25, 0.3) is 10.2 Å². The number of nitrogens with one attached hydrogen (secondary N) is 1. The van der Waals surface area contributed by atoms with Gasteiger partial charge in [-0.15, -0.1) is 11.3 Å². The van der Waals surface area contributed by atoms with Crippen molar-refractivity contribution in [3.8, 4) is 0 Å². The Bertz CT molecular complexity index is 1110. The quantitative estimate of drug-likeness (QED) is 0.626. The fourth-order valence-electron chi connectivity index (χ4n) is 2.24. The summed E-state index contributed by atoms with van der Waals surface area (Å²) < 4.78 is 28.5. The molecule has 1 aromatic heterocycles. The number of benzene rings is 2. The number of esters is 1. The van der Waals surface area contributed by atoms with Gasteiger partial charge in [0.15, 0.2) is 6.10 Å². The second kappa shape index (κ2) is 7.43. The van der Waals surface area contributed by atoms with Gasteiger partial charge in [-0.1, -0.05) is 0 Å². The van der Waals surface area contributed by atoms with Gasteiger partial charge in [-0.2, -0.15) is 0 Å². The molecule has 140 valence electrons. The lowest BCUT2D eigenvalue weighted by molar-refractivity contribution is -0.123. The molecule has 0 bridgehead atoms. The highest BCUT2D eigenvalue weighted by molar-refractivity contribution is 7.89. The van der Waals surface area contributed by atoms with E-state index in [4.69, 9.17) is 9.88 Å². The molecule has 0 aliphatic rings. The number of anilines is 1. The fraction of sp³-hybridized carbons (Fsp3) is 0.118. The van der Waals surface area contributed by atoms with Crippen molar-refractivity contribution < 1.29 is 22.7 Å². The van der Waals surface area contributed by atoms with E-state index in [1.807, 2.05) is 0 Å².